The highest BCUT2D eigenvalue weighted by molar-refractivity contribution is 7.92. The van der Waals surface area contributed by atoms with Gasteiger partial charge >= 0.3 is 0 Å². The predicted octanol–water partition coefficient (Wildman–Crippen LogP) is 3.43. The molecule has 1 aliphatic carbocycles. The lowest BCUT2D eigenvalue weighted by Crippen LogP contribution is -2.08. The third-order valence-electron chi connectivity index (χ3n) is 5.23. The molecule has 0 radical (unpaired) electrons. The van der Waals surface area contributed by atoms with Gasteiger partial charge in [0.25, 0.3) is 0 Å². The summed E-state index contributed by atoms with van der Waals surface area (Å²) in [4.78, 5) is 11.9. The minimum Gasteiger partial charge on any atom is -0.497 e. The number of nitrogens with two attached hydrogens (primary N) is 1. The van der Waals surface area contributed by atoms with E-state index in [0.29, 0.717) is 22.7 Å². The van der Waals surface area contributed by atoms with Crippen molar-refractivity contribution in [3.63, 3.8) is 0 Å². The summed E-state index contributed by atoms with van der Waals surface area (Å²) in [5, 5.41) is 0. The van der Waals surface area contributed by atoms with Crippen LogP contribution in [0.4, 0.5) is 5.82 Å². The predicted molar refractivity (Wildman–Crippen MR) is 103 cm³/mol. The van der Waals surface area contributed by atoms with Crippen LogP contribution in [0.25, 0.3) is 11.0 Å². The number of aromatic amines is 1. The van der Waals surface area contributed by atoms with E-state index in [4.69, 9.17) is 10.5 Å². The van der Waals surface area contributed by atoms with Crippen LogP contribution in [0.1, 0.15) is 43.7 Å². The number of ether oxygens (including phenoxy) is 1. The Morgan fingerprint density at radius 1 is 1.11 bits per heavy atom. The molecule has 1 aliphatic rings. The third kappa shape index (κ3) is 3.03. The van der Waals surface area contributed by atoms with E-state index in [1.54, 1.807) is 12.1 Å². The molecule has 1 aromatic carbocycles. The van der Waals surface area contributed by atoms with Gasteiger partial charge in [-0.2, -0.15) is 0 Å². The summed E-state index contributed by atoms with van der Waals surface area (Å²) in [5.41, 5.74) is 7.96. The minimum absolute atomic E-state index is 0.0159. The molecule has 0 amide bonds. The molecule has 2 heterocycles. The topological polar surface area (TPSA) is 111 Å². The maximum atomic E-state index is 13.2. The Hall–Kier alpha value is -2.61. The number of nitrogens with zero attached hydrogens (tertiary/aromatic N) is 2. The molecular formula is C19H22N4O3S. The van der Waals surface area contributed by atoms with Gasteiger partial charge in [0.15, 0.2) is 0 Å². The second-order valence-electron chi connectivity index (χ2n) is 6.86. The number of nitrogen functional groups attached to an aromatic ring is 1. The van der Waals surface area contributed by atoms with E-state index in [2.05, 4.69) is 15.0 Å². The molecule has 3 N–H and O–H groups in total. The average Bonchev–Trinajstić information content (AvgIpc) is 3.05. The Morgan fingerprint density at radius 2 is 1.81 bits per heavy atom. The summed E-state index contributed by atoms with van der Waals surface area (Å²) >= 11 is 0. The lowest BCUT2D eigenvalue weighted by molar-refractivity contribution is 0.414. The van der Waals surface area contributed by atoms with Gasteiger partial charge in [-0.15, -0.1) is 0 Å². The van der Waals surface area contributed by atoms with Crippen LogP contribution in [-0.4, -0.2) is 30.5 Å². The Balaban J connectivity index is 1.85. The van der Waals surface area contributed by atoms with Crippen molar-refractivity contribution in [1.82, 2.24) is 15.0 Å². The highest BCUT2D eigenvalue weighted by Crippen LogP contribution is 2.38. The number of fused-ring (bicyclic) bond motifs is 1. The largest absolute Gasteiger partial charge is 0.497 e. The van der Waals surface area contributed by atoms with E-state index in [0.717, 1.165) is 31.4 Å². The molecule has 27 heavy (non-hydrogen) atoms. The molecule has 0 unspecified atom stereocenters. The number of nitrogens with one attached hydrogen (secondary N) is 1. The number of anilines is 1. The van der Waals surface area contributed by atoms with Crippen LogP contribution in [0.3, 0.4) is 0 Å². The molecule has 0 spiro atoms. The average molecular weight is 386 g/mol. The first-order chi connectivity index (χ1) is 13.0. The summed E-state index contributed by atoms with van der Waals surface area (Å²) in [6.45, 7) is 0. The second-order valence-corrected chi connectivity index (χ2v) is 8.75. The van der Waals surface area contributed by atoms with E-state index in [1.807, 2.05) is 0 Å². The molecule has 142 valence electrons. The molecule has 7 nitrogen and oxygen atoms in total. The lowest BCUT2D eigenvalue weighted by atomic mass is 9.86. The maximum Gasteiger partial charge on any atom is 0.212 e. The van der Waals surface area contributed by atoms with Crippen molar-refractivity contribution in [1.29, 1.82) is 0 Å². The van der Waals surface area contributed by atoms with E-state index in [-0.39, 0.29) is 15.6 Å². The van der Waals surface area contributed by atoms with Crippen LogP contribution < -0.4 is 10.5 Å². The molecule has 4 rings (SSSR count). The highest BCUT2D eigenvalue weighted by atomic mass is 32.2. The Morgan fingerprint density at radius 3 is 2.48 bits per heavy atom. The lowest BCUT2D eigenvalue weighted by Gasteiger charge is -2.21. The van der Waals surface area contributed by atoms with Crippen molar-refractivity contribution < 1.29 is 13.2 Å². The zero-order valence-electron chi connectivity index (χ0n) is 15.1. The fourth-order valence-electron chi connectivity index (χ4n) is 3.84. The minimum atomic E-state index is -3.83. The van der Waals surface area contributed by atoms with Crippen molar-refractivity contribution in [2.45, 2.75) is 47.8 Å². The van der Waals surface area contributed by atoms with Gasteiger partial charge in [0.05, 0.1) is 23.2 Å². The fraction of sp³-hybridized carbons (Fsp3) is 0.368. The van der Waals surface area contributed by atoms with Gasteiger partial charge < -0.3 is 15.5 Å². The summed E-state index contributed by atoms with van der Waals surface area (Å²) in [5.74, 6) is 0.986. The smallest absolute Gasteiger partial charge is 0.212 e. The molecule has 0 aliphatic heterocycles. The first-order valence-electron chi connectivity index (χ1n) is 9.03. The van der Waals surface area contributed by atoms with Crippen molar-refractivity contribution >= 4 is 26.7 Å². The van der Waals surface area contributed by atoms with Gasteiger partial charge in [-0.25, -0.2) is 18.4 Å². The second kappa shape index (κ2) is 6.84. The normalized spacial score (nSPS) is 15.9. The van der Waals surface area contributed by atoms with E-state index in [1.165, 1.54) is 32.0 Å². The Labute approximate surface area is 157 Å². The molecule has 2 aromatic heterocycles. The first-order valence-corrected chi connectivity index (χ1v) is 10.5. The molecule has 0 atom stereocenters. The van der Waals surface area contributed by atoms with Crippen LogP contribution in [0.15, 0.2) is 40.4 Å². The monoisotopic (exact) mass is 386 g/mol. The molecule has 0 bridgehead atoms. The van der Waals surface area contributed by atoms with Gasteiger partial charge in [-0.3, -0.25) is 0 Å². The number of aromatic nitrogens is 3. The number of benzene rings is 1. The quantitative estimate of drug-likeness (QED) is 0.711. The summed E-state index contributed by atoms with van der Waals surface area (Å²) < 4.78 is 31.5. The van der Waals surface area contributed by atoms with E-state index >= 15 is 0 Å². The Kier molecular flexibility index (Phi) is 4.51. The molecular weight excluding hydrogens is 364 g/mol. The van der Waals surface area contributed by atoms with Gasteiger partial charge in [0, 0.05) is 5.92 Å². The van der Waals surface area contributed by atoms with Crippen molar-refractivity contribution in [3.8, 4) is 5.75 Å². The van der Waals surface area contributed by atoms with E-state index < -0.39 is 9.84 Å². The molecule has 0 saturated heterocycles. The number of methoxy groups -OCH3 is 1. The van der Waals surface area contributed by atoms with Crippen molar-refractivity contribution in [2.24, 2.45) is 0 Å². The Bertz CT molecular complexity index is 1070. The fourth-order valence-corrected chi connectivity index (χ4v) is 5.32. The number of H-pyrrole nitrogens is 1. The summed E-state index contributed by atoms with van der Waals surface area (Å²) in [6.07, 6.45) is 7.07. The van der Waals surface area contributed by atoms with E-state index in [9.17, 15) is 8.42 Å². The molecule has 8 heteroatoms. The van der Waals surface area contributed by atoms with Gasteiger partial charge in [-0.1, -0.05) is 19.3 Å². The third-order valence-corrected chi connectivity index (χ3v) is 7.07. The highest BCUT2D eigenvalue weighted by Gasteiger charge is 2.29. The molecule has 1 saturated carbocycles. The van der Waals surface area contributed by atoms with Gasteiger partial charge in [0.1, 0.15) is 28.3 Å². The first kappa shape index (κ1) is 17.8. The van der Waals surface area contributed by atoms with Crippen molar-refractivity contribution in [3.05, 3.63) is 36.3 Å². The number of hydrogen-bond acceptors (Lipinski definition) is 6. The maximum absolute atomic E-state index is 13.2. The number of hydrogen-bond donors (Lipinski definition) is 2. The zero-order chi connectivity index (χ0) is 19.0. The zero-order valence-corrected chi connectivity index (χ0v) is 15.9. The SMILES string of the molecule is COc1ccc(S(=O)(=O)c2c(N)[nH]c3c(C4CCCCC4)ncnc23)cc1. The summed E-state index contributed by atoms with van der Waals surface area (Å²) in [7, 11) is -2.29. The van der Waals surface area contributed by atoms with Crippen LogP contribution >= 0.6 is 0 Å². The molecule has 3 aromatic rings. The number of rotatable bonds is 4. The molecule has 1 fully saturated rings. The van der Waals surface area contributed by atoms with Gasteiger partial charge in [-0.05, 0) is 37.1 Å². The standard InChI is InChI=1S/C19H22N4O3S/c1-26-13-7-9-14(10-8-13)27(24,25)18-17-16(23-19(18)20)15(21-11-22-17)12-5-3-2-4-6-12/h7-12,23H,2-6,20H2,1H3. The van der Waals surface area contributed by atoms with Crippen molar-refractivity contribution in [2.75, 3.05) is 12.8 Å². The van der Waals surface area contributed by atoms with Crippen LogP contribution in [0.5, 0.6) is 5.75 Å². The number of sulfone groups is 1. The van der Waals surface area contributed by atoms with Crippen LogP contribution in [0.2, 0.25) is 0 Å². The van der Waals surface area contributed by atoms with Crippen LogP contribution in [-0.2, 0) is 9.84 Å². The van der Waals surface area contributed by atoms with Crippen LogP contribution in [0, 0.1) is 0 Å². The van der Waals surface area contributed by atoms with Gasteiger partial charge in [0.2, 0.25) is 9.84 Å². The summed E-state index contributed by atoms with van der Waals surface area (Å²) in [6, 6.07) is 6.24.